The van der Waals surface area contributed by atoms with Gasteiger partial charge in [-0.05, 0) is 18.2 Å². The van der Waals surface area contributed by atoms with Gasteiger partial charge in [0, 0.05) is 6.54 Å². The first-order valence-electron chi connectivity index (χ1n) is 9.45. The molecule has 0 aromatic carbocycles. The van der Waals surface area contributed by atoms with Gasteiger partial charge in [-0.2, -0.15) is 4.42 Å². The van der Waals surface area contributed by atoms with E-state index >= 15 is 0 Å². The molecule has 0 aliphatic heterocycles. The summed E-state index contributed by atoms with van der Waals surface area (Å²) in [6, 6.07) is 0. The molecule has 5 heteroatoms. The Hall–Kier alpha value is 0.01000. The summed E-state index contributed by atoms with van der Waals surface area (Å²) in [7, 11) is 0. The Bertz CT molecular complexity index is 278. The molecule has 1 amide bonds. The van der Waals surface area contributed by atoms with Crippen molar-refractivity contribution >= 4 is 29.3 Å². The van der Waals surface area contributed by atoms with Crippen molar-refractivity contribution < 1.29 is 4.79 Å². The van der Waals surface area contributed by atoms with Crippen molar-refractivity contribution in [2.24, 2.45) is 5.73 Å². The number of primary amides is 1. The van der Waals surface area contributed by atoms with Crippen molar-refractivity contribution in [2.75, 3.05) is 6.54 Å². The number of amides is 1. The average Bonchev–Trinajstić information content (AvgIpc) is 2.54. The molecule has 23 heavy (non-hydrogen) atoms. The highest BCUT2D eigenvalue weighted by Gasteiger charge is 2.18. The van der Waals surface area contributed by atoms with Gasteiger partial charge < -0.3 is 5.73 Å². The van der Waals surface area contributed by atoms with Gasteiger partial charge in [0.25, 0.3) is 5.91 Å². The third-order valence-electron chi connectivity index (χ3n) is 4.21. The molecule has 0 rings (SSSR count). The van der Waals surface area contributed by atoms with Crippen molar-refractivity contribution in [3.63, 3.8) is 0 Å². The molecule has 0 spiro atoms. The molecule has 1 atom stereocenters. The maximum Gasteiger partial charge on any atom is 0.251 e. The Kier molecular flexibility index (Phi) is 16.9. The first-order chi connectivity index (χ1) is 11.1. The predicted octanol–water partition coefficient (Wildman–Crippen LogP) is 5.97. The number of nitrogens with zero attached hydrogens (tertiary/aromatic N) is 1. The fourth-order valence-corrected chi connectivity index (χ4v) is 3.02. The van der Waals surface area contributed by atoms with Gasteiger partial charge in [-0.15, -0.1) is 0 Å². The molecule has 0 radical (unpaired) electrons. The summed E-state index contributed by atoms with van der Waals surface area (Å²) in [4.78, 5) is 10.9. The van der Waals surface area contributed by atoms with Crippen LogP contribution in [0.1, 0.15) is 96.8 Å². The van der Waals surface area contributed by atoms with E-state index in [0.717, 1.165) is 12.8 Å². The molecule has 0 aliphatic rings. The van der Waals surface area contributed by atoms with E-state index < -0.39 is 11.4 Å². The fraction of sp³-hybridized carbons (Fsp3) is 0.944. The van der Waals surface area contributed by atoms with Gasteiger partial charge in [0.15, 0.2) is 5.50 Å². The van der Waals surface area contributed by atoms with Gasteiger partial charge in [0.2, 0.25) is 0 Å². The standard InChI is InChI=1S/C18H36Cl2N2O/c1-2-3-4-5-6-7-8-9-10-11-12-13-14-15-16-22(20)17(19)18(21)23/h17H,2-16H2,1H3,(H2,21,23). The number of unbranched alkanes of at least 4 members (excludes halogenated alkanes) is 13. The Morgan fingerprint density at radius 3 is 1.52 bits per heavy atom. The zero-order valence-corrected chi connectivity index (χ0v) is 16.4. The van der Waals surface area contributed by atoms with Gasteiger partial charge in [0.1, 0.15) is 0 Å². The lowest BCUT2D eigenvalue weighted by Gasteiger charge is -2.16. The molecule has 3 nitrogen and oxygen atoms in total. The van der Waals surface area contributed by atoms with E-state index in [9.17, 15) is 4.79 Å². The summed E-state index contributed by atoms with van der Waals surface area (Å²) in [6.45, 7) is 2.87. The van der Waals surface area contributed by atoms with Crippen molar-refractivity contribution in [2.45, 2.75) is 102 Å². The number of nitrogens with two attached hydrogens (primary N) is 1. The highest BCUT2D eigenvalue weighted by molar-refractivity contribution is 6.33. The summed E-state index contributed by atoms with van der Waals surface area (Å²) in [5.41, 5.74) is 4.19. The lowest BCUT2D eigenvalue weighted by Crippen LogP contribution is -2.35. The number of halogens is 2. The molecular formula is C18H36Cl2N2O. The minimum Gasteiger partial charge on any atom is -0.367 e. The largest absolute Gasteiger partial charge is 0.367 e. The smallest absolute Gasteiger partial charge is 0.251 e. The number of hydrogen-bond donors (Lipinski definition) is 1. The SMILES string of the molecule is CCCCCCCCCCCCCCCCN(Cl)C(Cl)C(N)=O. The number of alkyl halides is 1. The summed E-state index contributed by atoms with van der Waals surface area (Å²) < 4.78 is 1.30. The average molecular weight is 367 g/mol. The molecular weight excluding hydrogens is 331 g/mol. The van der Waals surface area contributed by atoms with E-state index in [0.29, 0.717) is 6.54 Å². The van der Waals surface area contributed by atoms with Crippen molar-refractivity contribution in [1.82, 2.24) is 4.42 Å². The van der Waals surface area contributed by atoms with Gasteiger partial charge in [-0.1, -0.05) is 102 Å². The second-order valence-electron chi connectivity index (χ2n) is 6.46. The van der Waals surface area contributed by atoms with Gasteiger partial charge in [0.05, 0.1) is 0 Å². The van der Waals surface area contributed by atoms with E-state index in [2.05, 4.69) is 6.92 Å². The molecule has 0 saturated carbocycles. The van der Waals surface area contributed by atoms with Crippen LogP contribution < -0.4 is 5.73 Å². The predicted molar refractivity (Wildman–Crippen MR) is 102 cm³/mol. The van der Waals surface area contributed by atoms with Crippen LogP contribution >= 0.6 is 23.4 Å². The van der Waals surface area contributed by atoms with Crippen molar-refractivity contribution in [3.8, 4) is 0 Å². The first kappa shape index (κ1) is 23.0. The molecule has 0 fully saturated rings. The maximum absolute atomic E-state index is 10.9. The zero-order valence-electron chi connectivity index (χ0n) is 14.9. The summed E-state index contributed by atoms with van der Waals surface area (Å²) in [5.74, 6) is -0.591. The van der Waals surface area contributed by atoms with E-state index in [4.69, 9.17) is 29.1 Å². The third kappa shape index (κ3) is 15.3. The first-order valence-corrected chi connectivity index (χ1v) is 10.2. The Balaban J connectivity index is 3.18. The topological polar surface area (TPSA) is 46.3 Å². The number of rotatable bonds is 17. The van der Waals surface area contributed by atoms with Crippen molar-refractivity contribution in [3.05, 3.63) is 0 Å². The second kappa shape index (κ2) is 16.9. The Morgan fingerprint density at radius 1 is 0.826 bits per heavy atom. The fourth-order valence-electron chi connectivity index (χ4n) is 2.71. The van der Waals surface area contributed by atoms with Gasteiger partial charge in [-0.25, -0.2) is 0 Å². The maximum atomic E-state index is 10.9. The minimum absolute atomic E-state index is 0.591. The summed E-state index contributed by atoms with van der Waals surface area (Å²) >= 11 is 11.6. The summed E-state index contributed by atoms with van der Waals surface area (Å²) in [5, 5.41) is 0. The molecule has 0 aromatic rings. The van der Waals surface area contributed by atoms with Crippen LogP contribution in [-0.4, -0.2) is 22.4 Å². The van der Waals surface area contributed by atoms with Crippen LogP contribution in [0.4, 0.5) is 0 Å². The third-order valence-corrected chi connectivity index (χ3v) is 5.12. The van der Waals surface area contributed by atoms with Crippen LogP contribution in [0.2, 0.25) is 0 Å². The lowest BCUT2D eigenvalue weighted by molar-refractivity contribution is -0.119. The zero-order chi connectivity index (χ0) is 17.3. The quantitative estimate of drug-likeness (QED) is 0.149. The number of hydrogen-bond acceptors (Lipinski definition) is 2. The normalized spacial score (nSPS) is 12.7. The van der Waals surface area contributed by atoms with Crippen LogP contribution in [0.5, 0.6) is 0 Å². The molecule has 0 heterocycles. The highest BCUT2D eigenvalue weighted by atomic mass is 35.5. The molecule has 0 aromatic heterocycles. The van der Waals surface area contributed by atoms with Crippen LogP contribution in [0.3, 0.4) is 0 Å². The van der Waals surface area contributed by atoms with Crippen LogP contribution in [0, 0.1) is 0 Å². The second-order valence-corrected chi connectivity index (χ2v) is 7.31. The highest BCUT2D eigenvalue weighted by Crippen LogP contribution is 2.14. The van der Waals surface area contributed by atoms with Crippen LogP contribution in [0.25, 0.3) is 0 Å². The number of carbonyl (C=O) groups is 1. The Morgan fingerprint density at radius 2 is 1.17 bits per heavy atom. The van der Waals surface area contributed by atoms with Crippen molar-refractivity contribution in [1.29, 1.82) is 0 Å². The molecule has 0 bridgehead atoms. The van der Waals surface area contributed by atoms with E-state index in [-0.39, 0.29) is 0 Å². The minimum atomic E-state index is -0.904. The van der Waals surface area contributed by atoms with Gasteiger partial charge >= 0.3 is 0 Å². The van der Waals surface area contributed by atoms with Crippen LogP contribution in [-0.2, 0) is 4.79 Å². The number of carbonyl (C=O) groups excluding carboxylic acids is 1. The molecule has 1 unspecified atom stereocenters. The molecule has 138 valence electrons. The Labute approximate surface area is 153 Å². The van der Waals surface area contributed by atoms with Crippen LogP contribution in [0.15, 0.2) is 0 Å². The van der Waals surface area contributed by atoms with E-state index in [1.165, 1.54) is 81.5 Å². The summed E-state index contributed by atoms with van der Waals surface area (Å²) in [6.07, 6.45) is 18.5. The monoisotopic (exact) mass is 366 g/mol. The molecule has 0 saturated heterocycles. The van der Waals surface area contributed by atoms with E-state index in [1.807, 2.05) is 0 Å². The lowest BCUT2D eigenvalue weighted by atomic mass is 10.0. The van der Waals surface area contributed by atoms with Gasteiger partial charge in [-0.3, -0.25) is 4.79 Å². The molecule has 0 aliphatic carbocycles. The van der Waals surface area contributed by atoms with E-state index in [1.54, 1.807) is 0 Å². The molecule has 2 N–H and O–H groups in total.